The van der Waals surface area contributed by atoms with E-state index in [9.17, 15) is 4.79 Å². The van der Waals surface area contributed by atoms with E-state index < -0.39 is 0 Å². The van der Waals surface area contributed by atoms with Gasteiger partial charge in [-0.15, -0.1) is 0 Å². The molecule has 3 rings (SSSR count). The maximum absolute atomic E-state index is 12.0. The normalized spacial score (nSPS) is 10.5. The van der Waals surface area contributed by atoms with Crippen LogP contribution in [-0.2, 0) is 0 Å². The third-order valence-electron chi connectivity index (χ3n) is 3.55. The number of hydrogen-bond acceptors (Lipinski definition) is 5. The molecular formula is C17H17BrN6O. The summed E-state index contributed by atoms with van der Waals surface area (Å²) in [4.78, 5) is 12.0. The van der Waals surface area contributed by atoms with E-state index in [2.05, 4.69) is 42.1 Å². The summed E-state index contributed by atoms with van der Waals surface area (Å²) >= 11 is 3.35. The molecule has 0 fully saturated rings. The quantitative estimate of drug-likeness (QED) is 0.621. The third kappa shape index (κ3) is 4.42. The standard InChI is InChI=1S/C17H17BrN6O/c1-12-2-8-15(9-3-12)24-17(21-22-23-24)20-11-10-19-16(25)13-4-6-14(18)7-5-13/h2-9H,10-11H2,1H3,(H,19,25)(H,20,21,23). The highest BCUT2D eigenvalue weighted by Crippen LogP contribution is 2.12. The molecule has 25 heavy (non-hydrogen) atoms. The number of nitrogens with one attached hydrogen (secondary N) is 2. The minimum Gasteiger partial charge on any atom is -0.351 e. The molecule has 0 spiro atoms. The Morgan fingerprint density at radius 3 is 2.52 bits per heavy atom. The van der Waals surface area contributed by atoms with Crippen molar-refractivity contribution in [2.75, 3.05) is 18.4 Å². The van der Waals surface area contributed by atoms with E-state index in [4.69, 9.17) is 0 Å². The second-order valence-electron chi connectivity index (χ2n) is 5.44. The lowest BCUT2D eigenvalue weighted by atomic mass is 10.2. The Kier molecular flexibility index (Phi) is 5.39. The van der Waals surface area contributed by atoms with Crippen LogP contribution in [0.15, 0.2) is 53.0 Å². The topological polar surface area (TPSA) is 84.7 Å². The first-order valence-corrected chi connectivity index (χ1v) is 8.56. The summed E-state index contributed by atoms with van der Waals surface area (Å²) in [5.41, 5.74) is 2.66. The number of carbonyl (C=O) groups is 1. The van der Waals surface area contributed by atoms with E-state index in [1.165, 1.54) is 5.56 Å². The summed E-state index contributed by atoms with van der Waals surface area (Å²) in [5.74, 6) is 0.411. The molecule has 7 nitrogen and oxygen atoms in total. The Balaban J connectivity index is 1.53. The molecule has 1 heterocycles. The molecule has 1 aromatic heterocycles. The van der Waals surface area contributed by atoms with Crippen LogP contribution >= 0.6 is 15.9 Å². The van der Waals surface area contributed by atoms with Gasteiger partial charge in [0.25, 0.3) is 5.91 Å². The highest BCUT2D eigenvalue weighted by molar-refractivity contribution is 9.10. The number of aromatic nitrogens is 4. The summed E-state index contributed by atoms with van der Waals surface area (Å²) in [6.07, 6.45) is 0. The third-order valence-corrected chi connectivity index (χ3v) is 4.08. The number of rotatable bonds is 6. The van der Waals surface area contributed by atoms with Gasteiger partial charge in [-0.25, -0.2) is 0 Å². The monoisotopic (exact) mass is 400 g/mol. The Morgan fingerprint density at radius 1 is 1.08 bits per heavy atom. The van der Waals surface area contributed by atoms with Crippen LogP contribution in [0.2, 0.25) is 0 Å². The summed E-state index contributed by atoms with van der Waals surface area (Å²) < 4.78 is 2.56. The van der Waals surface area contributed by atoms with Gasteiger partial charge in [-0.1, -0.05) is 38.7 Å². The van der Waals surface area contributed by atoms with Crippen LogP contribution in [0.5, 0.6) is 0 Å². The van der Waals surface area contributed by atoms with Gasteiger partial charge in [0.1, 0.15) is 0 Å². The maximum Gasteiger partial charge on any atom is 0.251 e. The predicted molar refractivity (Wildman–Crippen MR) is 98.9 cm³/mol. The number of anilines is 1. The van der Waals surface area contributed by atoms with Crippen molar-refractivity contribution < 1.29 is 4.79 Å². The van der Waals surface area contributed by atoms with Crippen molar-refractivity contribution in [1.82, 2.24) is 25.5 Å². The zero-order chi connectivity index (χ0) is 17.6. The van der Waals surface area contributed by atoms with E-state index in [-0.39, 0.29) is 5.91 Å². The first kappa shape index (κ1) is 17.1. The maximum atomic E-state index is 12.0. The van der Waals surface area contributed by atoms with E-state index in [0.717, 1.165) is 10.2 Å². The van der Waals surface area contributed by atoms with Gasteiger partial charge in [0.15, 0.2) is 0 Å². The van der Waals surface area contributed by atoms with Crippen LogP contribution in [0.4, 0.5) is 5.95 Å². The molecule has 0 aliphatic carbocycles. The first-order valence-electron chi connectivity index (χ1n) is 7.76. The number of halogens is 1. The molecule has 0 saturated heterocycles. The first-order chi connectivity index (χ1) is 12.1. The zero-order valence-electron chi connectivity index (χ0n) is 13.6. The lowest BCUT2D eigenvalue weighted by Gasteiger charge is -2.08. The summed E-state index contributed by atoms with van der Waals surface area (Å²) in [6.45, 7) is 2.99. The molecule has 128 valence electrons. The fraction of sp³-hybridized carbons (Fsp3) is 0.176. The van der Waals surface area contributed by atoms with Gasteiger partial charge >= 0.3 is 0 Å². The largest absolute Gasteiger partial charge is 0.351 e. The number of aryl methyl sites for hydroxylation is 1. The Hall–Kier alpha value is -2.74. The second kappa shape index (κ2) is 7.89. The average molecular weight is 401 g/mol. The lowest BCUT2D eigenvalue weighted by molar-refractivity contribution is 0.0955. The van der Waals surface area contributed by atoms with Gasteiger partial charge in [0.2, 0.25) is 5.95 Å². The van der Waals surface area contributed by atoms with Crippen molar-refractivity contribution in [3.05, 3.63) is 64.1 Å². The summed E-state index contributed by atoms with van der Waals surface area (Å²) in [5, 5.41) is 17.6. The Morgan fingerprint density at radius 2 is 1.80 bits per heavy atom. The number of hydrogen-bond donors (Lipinski definition) is 2. The summed E-state index contributed by atoms with van der Waals surface area (Å²) in [7, 11) is 0. The molecule has 2 N–H and O–H groups in total. The van der Waals surface area contributed by atoms with E-state index in [0.29, 0.717) is 24.6 Å². The van der Waals surface area contributed by atoms with Crippen LogP contribution < -0.4 is 10.6 Å². The van der Waals surface area contributed by atoms with Crippen LogP contribution in [-0.4, -0.2) is 39.2 Å². The highest BCUT2D eigenvalue weighted by atomic mass is 79.9. The number of nitrogens with zero attached hydrogens (tertiary/aromatic N) is 4. The van der Waals surface area contributed by atoms with Gasteiger partial charge in [0, 0.05) is 23.1 Å². The fourth-order valence-corrected chi connectivity index (χ4v) is 2.48. The second-order valence-corrected chi connectivity index (χ2v) is 6.36. The molecule has 0 aliphatic heterocycles. The van der Waals surface area contributed by atoms with Gasteiger partial charge in [-0.3, -0.25) is 4.79 Å². The summed E-state index contributed by atoms with van der Waals surface area (Å²) in [6, 6.07) is 15.1. The lowest BCUT2D eigenvalue weighted by Crippen LogP contribution is -2.29. The van der Waals surface area contributed by atoms with Crippen molar-refractivity contribution in [3.8, 4) is 5.69 Å². The minimum atomic E-state index is -0.118. The number of tetrazole rings is 1. The molecule has 0 aliphatic rings. The van der Waals surface area contributed by atoms with Crippen molar-refractivity contribution in [2.24, 2.45) is 0 Å². The van der Waals surface area contributed by atoms with Crippen LogP contribution in [0, 0.1) is 6.92 Å². The SMILES string of the molecule is Cc1ccc(-n2nnnc2NCCNC(=O)c2ccc(Br)cc2)cc1. The van der Waals surface area contributed by atoms with Crippen LogP contribution in [0.25, 0.3) is 5.69 Å². The molecule has 0 atom stereocenters. The van der Waals surface area contributed by atoms with Crippen molar-refractivity contribution in [1.29, 1.82) is 0 Å². The highest BCUT2D eigenvalue weighted by Gasteiger charge is 2.08. The molecule has 0 unspecified atom stereocenters. The van der Waals surface area contributed by atoms with E-state index in [1.807, 2.05) is 43.3 Å². The number of amides is 1. The smallest absolute Gasteiger partial charge is 0.251 e. The molecule has 0 bridgehead atoms. The zero-order valence-corrected chi connectivity index (χ0v) is 15.2. The average Bonchev–Trinajstić information content (AvgIpc) is 3.08. The van der Waals surface area contributed by atoms with Crippen molar-refractivity contribution >= 4 is 27.8 Å². The number of carbonyl (C=O) groups excluding carboxylic acids is 1. The molecule has 3 aromatic rings. The molecule has 2 aromatic carbocycles. The van der Waals surface area contributed by atoms with Gasteiger partial charge in [0.05, 0.1) is 5.69 Å². The van der Waals surface area contributed by atoms with E-state index >= 15 is 0 Å². The predicted octanol–water partition coefficient (Wildman–Crippen LogP) is 2.58. The molecule has 8 heteroatoms. The molecule has 1 amide bonds. The van der Waals surface area contributed by atoms with Crippen LogP contribution in [0.1, 0.15) is 15.9 Å². The van der Waals surface area contributed by atoms with Gasteiger partial charge < -0.3 is 10.6 Å². The Bertz CT molecular complexity index is 844. The molecular weight excluding hydrogens is 384 g/mol. The minimum absolute atomic E-state index is 0.118. The van der Waals surface area contributed by atoms with E-state index in [1.54, 1.807) is 16.8 Å². The van der Waals surface area contributed by atoms with Crippen molar-refractivity contribution in [2.45, 2.75) is 6.92 Å². The van der Waals surface area contributed by atoms with Crippen molar-refractivity contribution in [3.63, 3.8) is 0 Å². The van der Waals surface area contributed by atoms with Gasteiger partial charge in [-0.2, -0.15) is 4.68 Å². The van der Waals surface area contributed by atoms with Gasteiger partial charge in [-0.05, 0) is 53.7 Å². The van der Waals surface area contributed by atoms with Crippen LogP contribution in [0.3, 0.4) is 0 Å². The fourth-order valence-electron chi connectivity index (χ4n) is 2.21. The Labute approximate surface area is 153 Å². The number of benzene rings is 2. The molecule has 0 saturated carbocycles. The molecule has 0 radical (unpaired) electrons.